The highest BCUT2D eigenvalue weighted by molar-refractivity contribution is 6.07. The number of rotatable bonds is 10. The highest BCUT2D eigenvalue weighted by Crippen LogP contribution is 2.19. The number of benzene rings is 2. The average Bonchev–Trinajstić information content (AvgIpc) is 3.65. The van der Waals surface area contributed by atoms with Gasteiger partial charge in [0.1, 0.15) is 17.2 Å². The van der Waals surface area contributed by atoms with Gasteiger partial charge in [-0.15, -0.1) is 0 Å². The second kappa shape index (κ2) is 17.3. The molecule has 5 rings (SSSR count). The van der Waals surface area contributed by atoms with Crippen molar-refractivity contribution in [1.82, 2.24) is 19.4 Å². The summed E-state index contributed by atoms with van der Waals surface area (Å²) in [5, 5.41) is 15.7. The number of carbonyl (C=O) groups excluding carboxylic acids is 3. The lowest BCUT2D eigenvalue weighted by Crippen LogP contribution is -2.41. The van der Waals surface area contributed by atoms with Gasteiger partial charge in [-0.05, 0) is 47.5 Å². The zero-order valence-corrected chi connectivity index (χ0v) is 27.7. The van der Waals surface area contributed by atoms with Gasteiger partial charge in [0.2, 0.25) is 0 Å². The van der Waals surface area contributed by atoms with Crippen molar-refractivity contribution in [2.24, 2.45) is 14.1 Å². The highest BCUT2D eigenvalue weighted by Gasteiger charge is 2.38. The third-order valence-corrected chi connectivity index (χ3v) is 7.54. The second-order valence-corrected chi connectivity index (χ2v) is 11.4. The molecule has 0 spiro atoms. The van der Waals surface area contributed by atoms with E-state index < -0.39 is 12.1 Å². The van der Waals surface area contributed by atoms with E-state index in [-0.39, 0.29) is 23.5 Å². The fourth-order valence-electron chi connectivity index (χ4n) is 4.91. The molecule has 0 bridgehead atoms. The van der Waals surface area contributed by atoms with Crippen LogP contribution in [-0.4, -0.2) is 88.4 Å². The maximum Gasteiger partial charge on any atom is 0.490 e. The van der Waals surface area contributed by atoms with E-state index in [2.05, 4.69) is 20.9 Å². The molecule has 0 saturated carbocycles. The topological polar surface area (TPSA) is 147 Å². The summed E-state index contributed by atoms with van der Waals surface area (Å²) in [5.41, 5.74) is 3.75. The van der Waals surface area contributed by atoms with Gasteiger partial charge in [0, 0.05) is 58.2 Å². The number of nitrogens with zero attached hydrogens (tertiary/aromatic N) is 3. The first-order valence-corrected chi connectivity index (χ1v) is 15.6. The SMILES string of the molecule is Cn1cc(NC(=O)c2cc(NC(=O)c3ccc(/C=C/c4cccc(F)c4)cc3)cn2C)cc1C(=O)NCCN1CCOCC1.O=C(O)C(F)(F)F. The number of hydrogen-bond acceptors (Lipinski definition) is 6. The number of aromatic nitrogens is 2. The highest BCUT2D eigenvalue weighted by atomic mass is 19.4. The first-order valence-electron chi connectivity index (χ1n) is 15.6. The molecule has 0 radical (unpaired) electrons. The molecule has 0 atom stereocenters. The molecule has 2 aromatic heterocycles. The van der Waals surface area contributed by atoms with Gasteiger partial charge in [-0.25, -0.2) is 9.18 Å². The van der Waals surface area contributed by atoms with E-state index in [4.69, 9.17) is 14.6 Å². The summed E-state index contributed by atoms with van der Waals surface area (Å²) >= 11 is 0. The number of carbonyl (C=O) groups is 4. The third-order valence-electron chi connectivity index (χ3n) is 7.54. The molecule has 1 saturated heterocycles. The lowest BCUT2D eigenvalue weighted by Gasteiger charge is -2.26. The number of aryl methyl sites for hydroxylation is 2. The summed E-state index contributed by atoms with van der Waals surface area (Å²) in [6.07, 6.45) is 1.89. The number of anilines is 2. The van der Waals surface area contributed by atoms with E-state index in [0.717, 1.165) is 30.8 Å². The van der Waals surface area contributed by atoms with Crippen LogP contribution in [0.5, 0.6) is 0 Å². The van der Waals surface area contributed by atoms with Gasteiger partial charge in [0.15, 0.2) is 0 Å². The lowest BCUT2D eigenvalue weighted by molar-refractivity contribution is -0.192. The normalized spacial score (nSPS) is 13.3. The van der Waals surface area contributed by atoms with Crippen LogP contribution in [0.4, 0.5) is 28.9 Å². The first-order chi connectivity index (χ1) is 24.2. The van der Waals surface area contributed by atoms with E-state index in [1.165, 1.54) is 12.1 Å². The Kier molecular flexibility index (Phi) is 12.9. The van der Waals surface area contributed by atoms with Gasteiger partial charge in [0.25, 0.3) is 17.7 Å². The maximum atomic E-state index is 13.4. The van der Waals surface area contributed by atoms with Crippen molar-refractivity contribution in [1.29, 1.82) is 0 Å². The zero-order valence-electron chi connectivity index (χ0n) is 27.7. The molecule has 51 heavy (non-hydrogen) atoms. The molecular weight excluding hydrogens is 676 g/mol. The Labute approximate surface area is 290 Å². The molecule has 270 valence electrons. The molecule has 4 aromatic rings. The van der Waals surface area contributed by atoms with Crippen LogP contribution in [0.25, 0.3) is 12.2 Å². The second-order valence-electron chi connectivity index (χ2n) is 11.4. The monoisotopic (exact) mass is 712 g/mol. The fraction of sp³-hybridized carbons (Fsp3) is 0.257. The van der Waals surface area contributed by atoms with Gasteiger partial charge in [-0.1, -0.05) is 36.4 Å². The van der Waals surface area contributed by atoms with Gasteiger partial charge < -0.3 is 34.9 Å². The number of nitrogens with one attached hydrogen (secondary N) is 3. The Morgan fingerprint density at radius 1 is 0.804 bits per heavy atom. The first kappa shape index (κ1) is 38.1. The van der Waals surface area contributed by atoms with Crippen LogP contribution >= 0.6 is 0 Å². The summed E-state index contributed by atoms with van der Waals surface area (Å²) < 4.78 is 53.8. The average molecular weight is 713 g/mol. The lowest BCUT2D eigenvalue weighted by atomic mass is 10.1. The number of ether oxygens (including phenoxy) is 1. The van der Waals surface area contributed by atoms with Crippen molar-refractivity contribution >= 4 is 47.2 Å². The Morgan fingerprint density at radius 2 is 1.35 bits per heavy atom. The van der Waals surface area contributed by atoms with Crippen molar-refractivity contribution < 1.29 is 46.6 Å². The van der Waals surface area contributed by atoms with Crippen molar-refractivity contribution in [3.05, 3.63) is 107 Å². The minimum absolute atomic E-state index is 0.222. The molecule has 1 fully saturated rings. The molecule has 16 heteroatoms. The molecule has 0 aliphatic carbocycles. The molecule has 3 heterocycles. The van der Waals surface area contributed by atoms with Gasteiger partial charge >= 0.3 is 12.1 Å². The summed E-state index contributed by atoms with van der Waals surface area (Å²) in [5.74, 6) is -3.98. The number of alkyl halides is 3. The molecule has 3 amide bonds. The molecule has 2 aromatic carbocycles. The van der Waals surface area contributed by atoms with E-state index in [1.54, 1.807) is 90.2 Å². The van der Waals surface area contributed by atoms with Crippen molar-refractivity contribution in [2.45, 2.75) is 6.18 Å². The van der Waals surface area contributed by atoms with E-state index >= 15 is 0 Å². The van der Waals surface area contributed by atoms with Crippen LogP contribution in [0.2, 0.25) is 0 Å². The predicted octanol–water partition coefficient (Wildman–Crippen LogP) is 4.87. The molecule has 12 nitrogen and oxygen atoms in total. The summed E-state index contributed by atoms with van der Waals surface area (Å²) in [4.78, 5) is 49.8. The standard InChI is InChI=1S/C33H35FN6O4.C2HF3O2/c1-38-22-28(19-29(38)32(42)35-12-13-40-14-16-44-17-15-40)37-33(43)30-20-27(21-39(30)2)36-31(41)25-10-8-23(9-11-25)6-7-24-4-3-5-26(34)18-24;3-2(4,5)1(6)7/h3-11,18-22H,12-17H2,1-2H3,(H,35,42)(H,36,41)(H,37,43);(H,6,7)/b7-6+;. The quantitative estimate of drug-likeness (QED) is 0.136. The summed E-state index contributed by atoms with van der Waals surface area (Å²) in [6, 6.07) is 16.5. The van der Waals surface area contributed by atoms with Crippen LogP contribution in [0.3, 0.4) is 0 Å². The number of carboxylic acid groups (broad SMARTS) is 1. The fourth-order valence-corrected chi connectivity index (χ4v) is 4.91. The summed E-state index contributed by atoms with van der Waals surface area (Å²) in [6.45, 7) is 4.38. The third kappa shape index (κ3) is 11.4. The van der Waals surface area contributed by atoms with Crippen LogP contribution in [0, 0.1) is 5.82 Å². The Morgan fingerprint density at radius 3 is 1.92 bits per heavy atom. The molecule has 4 N–H and O–H groups in total. The number of halogens is 4. The Bertz CT molecular complexity index is 1880. The number of amides is 3. The van der Waals surface area contributed by atoms with Crippen LogP contribution in [-0.2, 0) is 23.6 Å². The minimum atomic E-state index is -5.08. The molecule has 0 unspecified atom stereocenters. The van der Waals surface area contributed by atoms with Crippen LogP contribution < -0.4 is 16.0 Å². The van der Waals surface area contributed by atoms with Gasteiger partial charge in [-0.3, -0.25) is 19.3 Å². The largest absolute Gasteiger partial charge is 0.490 e. The zero-order chi connectivity index (χ0) is 37.1. The Hall–Kier alpha value is -5.74. The molecule has 1 aliphatic heterocycles. The molecular formula is C35H36F4N6O6. The smallest absolute Gasteiger partial charge is 0.475 e. The van der Waals surface area contributed by atoms with Crippen LogP contribution in [0.15, 0.2) is 73.1 Å². The van der Waals surface area contributed by atoms with E-state index in [1.807, 2.05) is 6.08 Å². The van der Waals surface area contributed by atoms with Crippen molar-refractivity contribution in [3.63, 3.8) is 0 Å². The minimum Gasteiger partial charge on any atom is -0.475 e. The van der Waals surface area contributed by atoms with E-state index in [0.29, 0.717) is 48.1 Å². The van der Waals surface area contributed by atoms with Gasteiger partial charge in [-0.2, -0.15) is 13.2 Å². The van der Waals surface area contributed by atoms with Crippen molar-refractivity contribution in [2.75, 3.05) is 50.0 Å². The number of hydrogen-bond donors (Lipinski definition) is 4. The number of aliphatic carboxylic acids is 1. The maximum absolute atomic E-state index is 13.4. The summed E-state index contributed by atoms with van der Waals surface area (Å²) in [7, 11) is 3.46. The van der Waals surface area contributed by atoms with Crippen LogP contribution in [0.1, 0.15) is 42.5 Å². The number of carboxylic acids is 1. The number of morpholine rings is 1. The predicted molar refractivity (Wildman–Crippen MR) is 182 cm³/mol. The van der Waals surface area contributed by atoms with Gasteiger partial charge in [0.05, 0.1) is 24.6 Å². The van der Waals surface area contributed by atoms with E-state index in [9.17, 15) is 31.9 Å². The molecule has 1 aliphatic rings. The Balaban J connectivity index is 0.000000755. The van der Waals surface area contributed by atoms with Crippen molar-refractivity contribution in [3.8, 4) is 0 Å².